The van der Waals surface area contributed by atoms with Crippen LogP contribution in [0.5, 0.6) is 11.5 Å². The number of hydrogen-bond donors (Lipinski definition) is 1. The van der Waals surface area contributed by atoms with Crippen molar-refractivity contribution in [1.82, 2.24) is 4.90 Å². The van der Waals surface area contributed by atoms with Crippen LogP contribution in [-0.4, -0.2) is 38.3 Å². The number of methoxy groups -OCH3 is 1. The molecule has 0 bridgehead atoms. The highest BCUT2D eigenvalue weighted by Gasteiger charge is 2.30. The lowest BCUT2D eigenvalue weighted by Crippen LogP contribution is -2.43. The lowest BCUT2D eigenvalue weighted by Gasteiger charge is -2.37. The Morgan fingerprint density at radius 2 is 2.10 bits per heavy atom. The maximum absolute atomic E-state index is 6.50. The molecule has 2 heterocycles. The van der Waals surface area contributed by atoms with Gasteiger partial charge in [-0.15, -0.1) is 0 Å². The molecule has 2 atom stereocenters. The van der Waals surface area contributed by atoms with Gasteiger partial charge < -0.3 is 20.1 Å². The zero-order chi connectivity index (χ0) is 14.8. The summed E-state index contributed by atoms with van der Waals surface area (Å²) in [5.74, 6) is 2.98. The van der Waals surface area contributed by atoms with E-state index in [4.69, 9.17) is 15.2 Å². The molecule has 0 amide bonds. The van der Waals surface area contributed by atoms with Gasteiger partial charge in [0.15, 0.2) is 0 Å². The van der Waals surface area contributed by atoms with Gasteiger partial charge in [-0.05, 0) is 50.0 Å². The Morgan fingerprint density at radius 1 is 1.33 bits per heavy atom. The molecule has 0 radical (unpaired) electrons. The van der Waals surface area contributed by atoms with Gasteiger partial charge in [0.25, 0.3) is 0 Å². The van der Waals surface area contributed by atoms with Crippen LogP contribution in [0.2, 0.25) is 0 Å². The minimum absolute atomic E-state index is 0.0307. The number of benzene rings is 1. The van der Waals surface area contributed by atoms with Crippen LogP contribution >= 0.6 is 0 Å². The first kappa shape index (κ1) is 14.7. The van der Waals surface area contributed by atoms with Crippen molar-refractivity contribution in [3.05, 3.63) is 23.8 Å². The van der Waals surface area contributed by atoms with E-state index in [1.54, 1.807) is 7.11 Å². The molecule has 1 saturated heterocycles. The van der Waals surface area contributed by atoms with Gasteiger partial charge in [-0.2, -0.15) is 0 Å². The first-order valence-corrected chi connectivity index (χ1v) is 7.96. The van der Waals surface area contributed by atoms with Crippen LogP contribution in [0.4, 0.5) is 0 Å². The van der Waals surface area contributed by atoms with E-state index in [1.165, 1.54) is 25.9 Å². The second kappa shape index (κ2) is 6.24. The maximum atomic E-state index is 6.50. The number of rotatable bonds is 3. The van der Waals surface area contributed by atoms with Crippen molar-refractivity contribution in [2.75, 3.05) is 33.4 Å². The van der Waals surface area contributed by atoms with Crippen LogP contribution in [0.25, 0.3) is 0 Å². The summed E-state index contributed by atoms with van der Waals surface area (Å²) in [6.07, 6.45) is 2.60. The number of nitrogens with two attached hydrogens (primary N) is 1. The molecule has 116 valence electrons. The van der Waals surface area contributed by atoms with Gasteiger partial charge >= 0.3 is 0 Å². The van der Waals surface area contributed by atoms with E-state index >= 15 is 0 Å². The molecule has 2 aliphatic heterocycles. The molecule has 1 fully saturated rings. The predicted molar refractivity (Wildman–Crippen MR) is 83.7 cm³/mol. The molecule has 3 rings (SSSR count). The van der Waals surface area contributed by atoms with Gasteiger partial charge in [-0.3, -0.25) is 0 Å². The van der Waals surface area contributed by atoms with Gasteiger partial charge in [0.1, 0.15) is 11.5 Å². The first-order chi connectivity index (χ1) is 10.2. The fourth-order valence-electron chi connectivity index (χ4n) is 3.34. The van der Waals surface area contributed by atoms with Gasteiger partial charge in [0.05, 0.1) is 13.7 Å². The highest BCUT2D eigenvalue weighted by molar-refractivity contribution is 5.43. The average Bonchev–Trinajstić information content (AvgIpc) is 2.52. The summed E-state index contributed by atoms with van der Waals surface area (Å²) in [5, 5.41) is 0. The molecule has 0 spiro atoms. The predicted octanol–water partition coefficient (Wildman–Crippen LogP) is 2.44. The normalized spacial score (nSPS) is 27.0. The molecule has 21 heavy (non-hydrogen) atoms. The number of ether oxygens (including phenoxy) is 2. The number of hydrogen-bond acceptors (Lipinski definition) is 4. The topological polar surface area (TPSA) is 47.7 Å². The number of nitrogens with zero attached hydrogens (tertiary/aromatic N) is 1. The second-order valence-electron chi connectivity index (χ2n) is 6.48. The number of likely N-dealkylation sites (tertiary alicyclic amines) is 1. The lowest BCUT2D eigenvalue weighted by molar-refractivity contribution is 0.114. The van der Waals surface area contributed by atoms with Crippen molar-refractivity contribution in [2.45, 2.75) is 25.8 Å². The Balaban J connectivity index is 1.68. The molecule has 2 aliphatic rings. The zero-order valence-corrected chi connectivity index (χ0v) is 13.0. The highest BCUT2D eigenvalue weighted by Crippen LogP contribution is 2.36. The van der Waals surface area contributed by atoms with Gasteiger partial charge in [0.2, 0.25) is 0 Å². The summed E-state index contributed by atoms with van der Waals surface area (Å²) >= 11 is 0. The monoisotopic (exact) mass is 290 g/mol. The van der Waals surface area contributed by atoms with Crippen LogP contribution in [-0.2, 0) is 0 Å². The number of fused-ring (bicyclic) bond motifs is 1. The van der Waals surface area contributed by atoms with E-state index in [9.17, 15) is 0 Å². The third kappa shape index (κ3) is 3.16. The van der Waals surface area contributed by atoms with E-state index in [-0.39, 0.29) is 6.04 Å². The van der Waals surface area contributed by atoms with Crippen molar-refractivity contribution in [3.8, 4) is 11.5 Å². The Labute approximate surface area is 127 Å². The Morgan fingerprint density at radius 3 is 2.81 bits per heavy atom. The maximum Gasteiger partial charge on any atom is 0.124 e. The minimum Gasteiger partial charge on any atom is -0.497 e. The summed E-state index contributed by atoms with van der Waals surface area (Å²) in [5.41, 5.74) is 7.58. The van der Waals surface area contributed by atoms with E-state index < -0.39 is 0 Å². The van der Waals surface area contributed by atoms with E-state index in [0.717, 1.165) is 29.5 Å². The first-order valence-electron chi connectivity index (χ1n) is 7.96. The van der Waals surface area contributed by atoms with Crippen molar-refractivity contribution in [3.63, 3.8) is 0 Å². The quantitative estimate of drug-likeness (QED) is 0.929. The molecule has 2 unspecified atom stereocenters. The molecule has 4 heteroatoms. The van der Waals surface area contributed by atoms with Crippen LogP contribution in [0.1, 0.15) is 31.4 Å². The minimum atomic E-state index is 0.0307. The third-order valence-corrected chi connectivity index (χ3v) is 4.91. The Bertz CT molecular complexity index is 484. The van der Waals surface area contributed by atoms with Crippen LogP contribution < -0.4 is 15.2 Å². The SMILES string of the molecule is COc1ccc2c(c1)C(N)C(CN1CCC(C)CC1)CO2. The number of piperidine rings is 1. The molecule has 4 nitrogen and oxygen atoms in total. The van der Waals surface area contributed by atoms with Crippen molar-refractivity contribution >= 4 is 0 Å². The summed E-state index contributed by atoms with van der Waals surface area (Å²) < 4.78 is 11.2. The van der Waals surface area contributed by atoms with Crippen molar-refractivity contribution in [1.29, 1.82) is 0 Å². The molecule has 1 aromatic rings. The zero-order valence-electron chi connectivity index (χ0n) is 13.0. The fraction of sp³-hybridized carbons (Fsp3) is 0.647. The molecular weight excluding hydrogens is 264 g/mol. The molecule has 2 N–H and O–H groups in total. The van der Waals surface area contributed by atoms with Crippen LogP contribution in [0.15, 0.2) is 18.2 Å². The average molecular weight is 290 g/mol. The summed E-state index contributed by atoms with van der Waals surface area (Å²) in [6.45, 7) is 6.47. The van der Waals surface area contributed by atoms with Crippen molar-refractivity contribution < 1.29 is 9.47 Å². The van der Waals surface area contributed by atoms with Gasteiger partial charge in [-0.25, -0.2) is 0 Å². The third-order valence-electron chi connectivity index (χ3n) is 4.91. The van der Waals surface area contributed by atoms with E-state index in [1.807, 2.05) is 18.2 Å². The molecular formula is C17H26N2O2. The largest absolute Gasteiger partial charge is 0.497 e. The van der Waals surface area contributed by atoms with E-state index in [0.29, 0.717) is 12.5 Å². The molecule has 1 aromatic carbocycles. The molecule has 0 aromatic heterocycles. The molecule has 0 saturated carbocycles. The fourth-order valence-corrected chi connectivity index (χ4v) is 3.34. The Kier molecular flexibility index (Phi) is 4.36. The van der Waals surface area contributed by atoms with E-state index in [2.05, 4.69) is 11.8 Å². The lowest BCUT2D eigenvalue weighted by atomic mass is 9.89. The van der Waals surface area contributed by atoms with Crippen LogP contribution in [0, 0.1) is 11.8 Å². The smallest absolute Gasteiger partial charge is 0.124 e. The summed E-state index contributed by atoms with van der Waals surface area (Å²) in [6, 6.07) is 5.94. The molecule has 0 aliphatic carbocycles. The summed E-state index contributed by atoms with van der Waals surface area (Å²) in [7, 11) is 1.68. The van der Waals surface area contributed by atoms with Crippen LogP contribution in [0.3, 0.4) is 0 Å². The van der Waals surface area contributed by atoms with Crippen molar-refractivity contribution in [2.24, 2.45) is 17.6 Å². The summed E-state index contributed by atoms with van der Waals surface area (Å²) in [4.78, 5) is 2.54. The standard InChI is InChI=1S/C17H26N2O2/c1-12-5-7-19(8-6-12)10-13-11-21-16-4-3-14(20-2)9-15(16)17(13)18/h3-4,9,12-13,17H,5-8,10-11,18H2,1-2H3. The highest BCUT2D eigenvalue weighted by atomic mass is 16.5. The van der Waals surface area contributed by atoms with Gasteiger partial charge in [-0.1, -0.05) is 6.92 Å². The Hall–Kier alpha value is -1.26. The van der Waals surface area contributed by atoms with Gasteiger partial charge in [0, 0.05) is 24.1 Å². The second-order valence-corrected chi connectivity index (χ2v) is 6.48.